The first-order valence-electron chi connectivity index (χ1n) is 12.8. The topological polar surface area (TPSA) is 134 Å². The monoisotopic (exact) mass is 581 g/mol. The van der Waals surface area contributed by atoms with Gasteiger partial charge < -0.3 is 4.42 Å². The number of hydrogen-bond donors (Lipinski definition) is 2. The van der Waals surface area contributed by atoms with Crippen molar-refractivity contribution >= 4 is 54.3 Å². The second-order valence-electron chi connectivity index (χ2n) is 10.4. The molecule has 0 amide bonds. The fraction of sp³-hybridized carbons (Fsp3) is 0.310. The fourth-order valence-electron chi connectivity index (χ4n) is 5.15. The summed E-state index contributed by atoms with van der Waals surface area (Å²) in [7, 11) is -7.57. The van der Waals surface area contributed by atoms with Crippen LogP contribution < -0.4 is 10.3 Å². The van der Waals surface area contributed by atoms with Gasteiger partial charge in [0.05, 0.1) is 33.7 Å². The third-order valence-electron chi connectivity index (χ3n) is 7.14. The number of rotatable bonds is 7. The summed E-state index contributed by atoms with van der Waals surface area (Å²) in [6.07, 6.45) is 4.59. The molecule has 5 rings (SSSR count). The lowest BCUT2D eigenvalue weighted by Gasteiger charge is -2.15. The summed E-state index contributed by atoms with van der Waals surface area (Å²) >= 11 is 0. The zero-order valence-electron chi connectivity index (χ0n) is 22.1. The third kappa shape index (κ3) is 5.75. The smallest absolute Gasteiger partial charge is 0.343 e. The Bertz CT molecular complexity index is 1920. The zero-order valence-corrected chi connectivity index (χ0v) is 23.7. The molecule has 0 fully saturated rings. The number of nitrogens with zero attached hydrogens (tertiary/aromatic N) is 1. The molecule has 208 valence electrons. The lowest BCUT2D eigenvalue weighted by Crippen LogP contribution is -2.28. The maximum atomic E-state index is 12.9. The van der Waals surface area contributed by atoms with Crippen LogP contribution in [-0.4, -0.2) is 49.7 Å². The molecular weight excluding hydrogens is 552 g/mol. The van der Waals surface area contributed by atoms with Crippen molar-refractivity contribution in [3.63, 3.8) is 0 Å². The van der Waals surface area contributed by atoms with Crippen LogP contribution >= 0.6 is 0 Å². The predicted octanol–water partition coefficient (Wildman–Crippen LogP) is 4.05. The Morgan fingerprint density at radius 1 is 1.15 bits per heavy atom. The standard InChI is InChI=1S/C29H28N2O7S2/c1-29(2)23-10-3-4-11-25(23)31(14-6-8-16-40(35,36)37)27(29)13-12-21-17-22-18-24-20(19-26(22)38-28(21)32)9-5-7-15-39(33,34)30-24/h3-4,10-13,17-19,30H,6-8,14-16H2,1-2H3/p+1/b13-12+. The lowest BCUT2D eigenvalue weighted by molar-refractivity contribution is -0.438. The molecule has 2 aromatic carbocycles. The van der Waals surface area contributed by atoms with Crippen LogP contribution in [-0.2, 0) is 25.6 Å². The Kier molecular flexibility index (Phi) is 7.20. The molecule has 2 aliphatic rings. The number of nitrogens with one attached hydrogen (secondary N) is 1. The number of unbranched alkanes of at least 4 members (excludes halogenated alkanes) is 1. The van der Waals surface area contributed by atoms with E-state index in [4.69, 9.17) is 8.97 Å². The molecule has 2 aliphatic heterocycles. The minimum Gasteiger partial charge on any atom is -0.422 e. The van der Waals surface area contributed by atoms with Gasteiger partial charge in [-0.05, 0) is 44.5 Å². The van der Waals surface area contributed by atoms with Gasteiger partial charge in [0, 0.05) is 35.9 Å². The second-order valence-corrected chi connectivity index (χ2v) is 13.8. The van der Waals surface area contributed by atoms with E-state index in [-0.39, 0.29) is 23.5 Å². The molecular formula is C29H29N2O7S2+. The van der Waals surface area contributed by atoms with Crippen molar-refractivity contribution in [3.05, 3.63) is 75.7 Å². The molecule has 1 aromatic heterocycles. The minimum atomic E-state index is -4.03. The third-order valence-corrected chi connectivity index (χ3v) is 9.21. The molecule has 0 atom stereocenters. The average Bonchev–Trinajstić information content (AvgIpc) is 3.08. The van der Waals surface area contributed by atoms with Crippen molar-refractivity contribution in [1.29, 1.82) is 0 Å². The number of allylic oxidation sites excluding steroid dienone is 1. The van der Waals surface area contributed by atoms with E-state index >= 15 is 0 Å². The summed E-state index contributed by atoms with van der Waals surface area (Å²) in [6.45, 7) is 4.68. The highest BCUT2D eigenvalue weighted by Crippen LogP contribution is 2.40. The Morgan fingerprint density at radius 3 is 2.70 bits per heavy atom. The van der Waals surface area contributed by atoms with E-state index < -0.39 is 31.2 Å². The molecule has 40 heavy (non-hydrogen) atoms. The Hall–Kier alpha value is -3.72. The Labute approximate surface area is 233 Å². The van der Waals surface area contributed by atoms with Gasteiger partial charge in [0.25, 0.3) is 10.1 Å². The number of sulfonamides is 1. The molecule has 11 heteroatoms. The van der Waals surface area contributed by atoms with Crippen LogP contribution in [0.4, 0.5) is 11.4 Å². The van der Waals surface area contributed by atoms with Gasteiger partial charge in [0.2, 0.25) is 15.7 Å². The normalized spacial score (nSPS) is 17.5. The molecule has 0 spiro atoms. The van der Waals surface area contributed by atoms with Crippen LogP contribution in [0.1, 0.15) is 49.8 Å². The summed E-state index contributed by atoms with van der Waals surface area (Å²) in [4.78, 5) is 12.9. The molecule has 3 heterocycles. The first kappa shape index (κ1) is 27.8. The number of anilines is 1. The SMILES string of the molecule is CC1(C)C(/C=C/c2cc3cc4c(cc3oc2=O)C#CCCS(=O)(=O)N4)=[N+](CCCCS(=O)(=O)O)c2ccccc21. The van der Waals surface area contributed by atoms with Crippen molar-refractivity contribution in [2.45, 2.75) is 38.5 Å². The van der Waals surface area contributed by atoms with Crippen LogP contribution in [0.5, 0.6) is 0 Å². The highest BCUT2D eigenvalue weighted by molar-refractivity contribution is 7.92. The molecule has 0 saturated heterocycles. The van der Waals surface area contributed by atoms with Crippen molar-refractivity contribution < 1.29 is 30.4 Å². The van der Waals surface area contributed by atoms with Crippen molar-refractivity contribution in [2.24, 2.45) is 0 Å². The first-order chi connectivity index (χ1) is 18.8. The van der Waals surface area contributed by atoms with E-state index in [9.17, 15) is 21.6 Å². The van der Waals surface area contributed by atoms with Gasteiger partial charge in [-0.15, -0.1) is 0 Å². The van der Waals surface area contributed by atoms with Gasteiger partial charge in [0.15, 0.2) is 5.71 Å². The van der Waals surface area contributed by atoms with Crippen LogP contribution in [0.3, 0.4) is 0 Å². The van der Waals surface area contributed by atoms with Crippen molar-refractivity contribution in [1.82, 2.24) is 0 Å². The van der Waals surface area contributed by atoms with E-state index in [2.05, 4.69) is 35.0 Å². The van der Waals surface area contributed by atoms with Gasteiger partial charge in [-0.1, -0.05) is 30.0 Å². The van der Waals surface area contributed by atoms with E-state index in [1.807, 2.05) is 30.3 Å². The molecule has 2 N–H and O–H groups in total. The first-order valence-corrected chi connectivity index (χ1v) is 16.1. The van der Waals surface area contributed by atoms with Gasteiger partial charge >= 0.3 is 5.63 Å². The number of benzene rings is 2. The molecule has 0 aliphatic carbocycles. The zero-order chi connectivity index (χ0) is 28.7. The number of fused-ring (bicyclic) bond motifs is 3. The molecule has 0 bridgehead atoms. The van der Waals surface area contributed by atoms with Gasteiger partial charge in [-0.25, -0.2) is 13.2 Å². The van der Waals surface area contributed by atoms with E-state index in [1.54, 1.807) is 24.3 Å². The Balaban J connectivity index is 1.53. The van der Waals surface area contributed by atoms with Crippen LogP contribution in [0, 0.1) is 11.8 Å². The summed E-state index contributed by atoms with van der Waals surface area (Å²) < 4.78 is 66.3. The van der Waals surface area contributed by atoms with Crippen molar-refractivity contribution in [3.8, 4) is 11.8 Å². The summed E-state index contributed by atoms with van der Waals surface area (Å²) in [5.74, 6) is 5.37. The number of hydrogen-bond acceptors (Lipinski definition) is 6. The van der Waals surface area contributed by atoms with Crippen molar-refractivity contribution in [2.75, 3.05) is 22.8 Å². The molecule has 0 saturated carbocycles. The molecule has 0 radical (unpaired) electrons. The van der Waals surface area contributed by atoms with E-state index in [0.717, 1.165) is 17.0 Å². The highest BCUT2D eigenvalue weighted by Gasteiger charge is 2.43. The van der Waals surface area contributed by atoms with Gasteiger partial charge in [0.1, 0.15) is 12.1 Å². The lowest BCUT2D eigenvalue weighted by atomic mass is 9.81. The Morgan fingerprint density at radius 2 is 1.93 bits per heavy atom. The highest BCUT2D eigenvalue weighted by atomic mass is 32.2. The van der Waals surface area contributed by atoms with Crippen LogP contribution in [0.25, 0.3) is 17.0 Å². The van der Waals surface area contributed by atoms with E-state index in [0.29, 0.717) is 41.6 Å². The molecule has 9 nitrogen and oxygen atoms in total. The molecule has 0 unspecified atom stereocenters. The minimum absolute atomic E-state index is 0.0988. The van der Waals surface area contributed by atoms with Crippen LogP contribution in [0.2, 0.25) is 0 Å². The van der Waals surface area contributed by atoms with Crippen LogP contribution in [0.15, 0.2) is 57.8 Å². The quantitative estimate of drug-likeness (QED) is 0.141. The van der Waals surface area contributed by atoms with Gasteiger partial charge in [-0.2, -0.15) is 13.0 Å². The largest absolute Gasteiger partial charge is 0.422 e. The number of para-hydroxylation sites is 1. The second kappa shape index (κ2) is 10.4. The van der Waals surface area contributed by atoms with E-state index in [1.165, 1.54) is 0 Å². The molecule has 3 aromatic rings. The summed E-state index contributed by atoms with van der Waals surface area (Å²) in [5, 5.41) is 0.545. The maximum absolute atomic E-state index is 12.9. The fourth-order valence-corrected chi connectivity index (χ4v) is 6.70. The average molecular weight is 582 g/mol. The predicted molar refractivity (Wildman–Crippen MR) is 155 cm³/mol. The maximum Gasteiger partial charge on any atom is 0.343 e. The van der Waals surface area contributed by atoms with Gasteiger partial charge in [-0.3, -0.25) is 9.27 Å². The summed E-state index contributed by atoms with van der Waals surface area (Å²) in [5.41, 5.74) is 3.43. The summed E-state index contributed by atoms with van der Waals surface area (Å²) in [6, 6.07) is 12.8.